The van der Waals surface area contributed by atoms with Crippen LogP contribution in [0.4, 0.5) is 0 Å². The molecule has 1 rings (SSSR count). The van der Waals surface area contributed by atoms with E-state index in [1.807, 2.05) is 7.05 Å². The molecule has 0 aliphatic rings. The molecule has 0 aliphatic carbocycles. The number of unbranched alkanes of at least 4 members (excludes halogenated alkanes) is 1. The van der Waals surface area contributed by atoms with Gasteiger partial charge in [0, 0.05) is 14.1 Å². The van der Waals surface area contributed by atoms with Crippen molar-refractivity contribution >= 4 is 29.9 Å². The van der Waals surface area contributed by atoms with Gasteiger partial charge in [-0.3, -0.25) is 4.79 Å². The summed E-state index contributed by atoms with van der Waals surface area (Å²) in [6.07, 6.45) is 4.31. The van der Waals surface area contributed by atoms with Gasteiger partial charge in [0.25, 0.3) is 0 Å². The van der Waals surface area contributed by atoms with Crippen LogP contribution in [0.5, 0.6) is 0 Å². The van der Waals surface area contributed by atoms with E-state index in [1.54, 1.807) is 22.7 Å². The molecule has 0 spiro atoms. The highest BCUT2D eigenvalue weighted by Crippen LogP contribution is 2.11. The number of nitrogens with two attached hydrogens (primary N) is 1. The first kappa shape index (κ1) is 18.2. The average Bonchev–Trinajstić information content (AvgIpc) is 2.66. The summed E-state index contributed by atoms with van der Waals surface area (Å²) in [5, 5.41) is 0.557. The Morgan fingerprint density at radius 3 is 2.74 bits per heavy atom. The molecule has 2 N–H and O–H groups in total. The number of carbonyl (C=O) groups excluding carboxylic acids is 1. The van der Waals surface area contributed by atoms with Gasteiger partial charge < -0.3 is 15.2 Å². The van der Waals surface area contributed by atoms with Gasteiger partial charge in [-0.05, 0) is 6.42 Å². The van der Waals surface area contributed by atoms with Crippen molar-refractivity contribution in [3.05, 3.63) is 17.2 Å². The lowest BCUT2D eigenvalue weighted by Gasteiger charge is -2.21. The van der Waals surface area contributed by atoms with Gasteiger partial charge in [-0.15, -0.1) is 12.4 Å². The van der Waals surface area contributed by atoms with Crippen LogP contribution in [0.25, 0.3) is 0 Å². The van der Waals surface area contributed by atoms with Crippen molar-refractivity contribution in [3.8, 4) is 0 Å². The minimum atomic E-state index is -0.425. The normalized spacial score (nSPS) is 11.8. The van der Waals surface area contributed by atoms with Gasteiger partial charge in [0.2, 0.25) is 5.91 Å². The smallest absolute Gasteiger partial charge is 0.239 e. The zero-order valence-corrected chi connectivity index (χ0v) is 13.2. The number of halogens is 2. The summed E-state index contributed by atoms with van der Waals surface area (Å²) in [7, 11) is 3.55. The van der Waals surface area contributed by atoms with Gasteiger partial charge in [0.05, 0.1) is 18.8 Å². The number of carbonyl (C=O) groups is 1. The first-order valence-electron chi connectivity index (χ1n) is 6.14. The van der Waals surface area contributed by atoms with Crippen molar-refractivity contribution in [1.29, 1.82) is 0 Å². The molecule has 0 aliphatic heterocycles. The molecule has 1 aromatic rings. The summed E-state index contributed by atoms with van der Waals surface area (Å²) in [6, 6.07) is -0.425. The summed E-state index contributed by atoms with van der Waals surface area (Å²) in [5.74, 6) is 0.695. The molecule has 5 nitrogen and oxygen atoms in total. The van der Waals surface area contributed by atoms with E-state index in [0.29, 0.717) is 11.7 Å². The molecule has 1 heterocycles. The molecule has 7 heteroatoms. The number of amides is 1. The standard InChI is InChI=1S/C12H21ClN4O.ClH/c1-4-5-6-9(14)12(18)16(2)8-11-15-7-10(13)17(11)3;/h7,9H,4-6,8,14H2,1-3H3;1H. The van der Waals surface area contributed by atoms with Gasteiger partial charge >= 0.3 is 0 Å². The quantitative estimate of drug-likeness (QED) is 0.874. The van der Waals surface area contributed by atoms with E-state index in [1.165, 1.54) is 0 Å². The predicted octanol–water partition coefficient (Wildman–Crippen LogP) is 1.97. The highest BCUT2D eigenvalue weighted by atomic mass is 35.5. The summed E-state index contributed by atoms with van der Waals surface area (Å²) >= 11 is 5.90. The van der Waals surface area contributed by atoms with Crippen LogP contribution in [0.1, 0.15) is 32.0 Å². The van der Waals surface area contributed by atoms with Gasteiger partial charge in [0.15, 0.2) is 0 Å². The summed E-state index contributed by atoms with van der Waals surface area (Å²) in [5.41, 5.74) is 5.86. The van der Waals surface area contributed by atoms with E-state index in [0.717, 1.165) is 25.1 Å². The second-order valence-electron chi connectivity index (χ2n) is 4.50. The number of aromatic nitrogens is 2. The SMILES string of the molecule is CCCCC(N)C(=O)N(C)Cc1ncc(Cl)n1C.Cl. The molecule has 1 atom stereocenters. The molecule has 1 aromatic heterocycles. The van der Waals surface area contributed by atoms with Crippen LogP contribution in [0.2, 0.25) is 5.15 Å². The lowest BCUT2D eigenvalue weighted by molar-refractivity contribution is -0.132. The van der Waals surface area contributed by atoms with Gasteiger partial charge in [-0.2, -0.15) is 0 Å². The van der Waals surface area contributed by atoms with Crippen LogP contribution >= 0.6 is 24.0 Å². The Labute approximate surface area is 125 Å². The van der Waals surface area contributed by atoms with Gasteiger partial charge in [-0.25, -0.2) is 4.98 Å². The van der Waals surface area contributed by atoms with E-state index in [-0.39, 0.29) is 18.3 Å². The fourth-order valence-corrected chi connectivity index (χ4v) is 1.84. The highest BCUT2D eigenvalue weighted by Gasteiger charge is 2.19. The largest absolute Gasteiger partial charge is 0.337 e. The molecule has 0 saturated heterocycles. The van der Waals surface area contributed by atoms with Crippen molar-refractivity contribution in [1.82, 2.24) is 14.5 Å². The maximum absolute atomic E-state index is 12.0. The molecule has 0 bridgehead atoms. The second-order valence-corrected chi connectivity index (χ2v) is 4.89. The third-order valence-electron chi connectivity index (χ3n) is 2.97. The van der Waals surface area contributed by atoms with Crippen molar-refractivity contribution in [2.45, 2.75) is 38.8 Å². The summed E-state index contributed by atoms with van der Waals surface area (Å²) in [6.45, 7) is 2.50. The molecule has 110 valence electrons. The number of likely N-dealkylation sites (N-methyl/N-ethyl adjacent to an activating group) is 1. The Morgan fingerprint density at radius 2 is 2.26 bits per heavy atom. The lowest BCUT2D eigenvalue weighted by atomic mass is 10.1. The van der Waals surface area contributed by atoms with E-state index in [2.05, 4.69) is 11.9 Å². The molecular formula is C12H22Cl2N4O. The number of nitrogens with zero attached hydrogens (tertiary/aromatic N) is 3. The van der Waals surface area contributed by atoms with Crippen molar-refractivity contribution < 1.29 is 4.79 Å². The molecular weight excluding hydrogens is 287 g/mol. The fourth-order valence-electron chi connectivity index (χ4n) is 1.69. The Kier molecular flexibility index (Phi) is 8.06. The number of hydrogen-bond acceptors (Lipinski definition) is 3. The monoisotopic (exact) mass is 308 g/mol. The van der Waals surface area contributed by atoms with Crippen LogP contribution in [-0.4, -0.2) is 33.4 Å². The average molecular weight is 309 g/mol. The summed E-state index contributed by atoms with van der Waals surface area (Å²) < 4.78 is 1.75. The van der Waals surface area contributed by atoms with Crippen LogP contribution in [-0.2, 0) is 18.4 Å². The van der Waals surface area contributed by atoms with Gasteiger partial charge in [0.1, 0.15) is 11.0 Å². The van der Waals surface area contributed by atoms with Crippen LogP contribution in [0, 0.1) is 0 Å². The predicted molar refractivity (Wildman–Crippen MR) is 79.4 cm³/mol. The zero-order valence-electron chi connectivity index (χ0n) is 11.6. The van der Waals surface area contributed by atoms with E-state index < -0.39 is 6.04 Å². The number of rotatable bonds is 6. The third kappa shape index (κ3) is 5.01. The van der Waals surface area contributed by atoms with Crippen molar-refractivity contribution in [3.63, 3.8) is 0 Å². The van der Waals surface area contributed by atoms with E-state index >= 15 is 0 Å². The Morgan fingerprint density at radius 1 is 1.63 bits per heavy atom. The first-order chi connectivity index (χ1) is 8.47. The molecule has 0 radical (unpaired) electrons. The zero-order chi connectivity index (χ0) is 13.7. The molecule has 0 saturated carbocycles. The van der Waals surface area contributed by atoms with Crippen LogP contribution < -0.4 is 5.73 Å². The van der Waals surface area contributed by atoms with E-state index in [9.17, 15) is 4.79 Å². The van der Waals surface area contributed by atoms with Crippen molar-refractivity contribution in [2.75, 3.05) is 7.05 Å². The Bertz CT molecular complexity index is 408. The highest BCUT2D eigenvalue weighted by molar-refractivity contribution is 6.29. The number of imidazole rings is 1. The topological polar surface area (TPSA) is 64.2 Å². The fraction of sp³-hybridized carbons (Fsp3) is 0.667. The van der Waals surface area contributed by atoms with Crippen molar-refractivity contribution in [2.24, 2.45) is 12.8 Å². The molecule has 19 heavy (non-hydrogen) atoms. The minimum absolute atomic E-state index is 0. The molecule has 0 fully saturated rings. The van der Waals surface area contributed by atoms with Crippen LogP contribution in [0.15, 0.2) is 6.20 Å². The van der Waals surface area contributed by atoms with Gasteiger partial charge in [-0.1, -0.05) is 31.4 Å². The van der Waals surface area contributed by atoms with E-state index in [4.69, 9.17) is 17.3 Å². The van der Waals surface area contributed by atoms with Crippen LogP contribution in [0.3, 0.4) is 0 Å². The Balaban J connectivity index is 0.00000324. The molecule has 1 amide bonds. The minimum Gasteiger partial charge on any atom is -0.337 e. The summed E-state index contributed by atoms with van der Waals surface area (Å²) in [4.78, 5) is 17.8. The number of hydrogen-bond donors (Lipinski definition) is 1. The second kappa shape index (κ2) is 8.40. The Hall–Kier alpha value is -0.780. The lowest BCUT2D eigenvalue weighted by Crippen LogP contribution is -2.41. The maximum atomic E-state index is 12.0. The molecule has 1 unspecified atom stereocenters. The maximum Gasteiger partial charge on any atom is 0.239 e. The third-order valence-corrected chi connectivity index (χ3v) is 3.32. The first-order valence-corrected chi connectivity index (χ1v) is 6.51. The molecule has 0 aromatic carbocycles.